The largest absolute Gasteiger partial charge is 0.493 e. The van der Waals surface area contributed by atoms with Crippen molar-refractivity contribution >= 4 is 32.9 Å². The van der Waals surface area contributed by atoms with Crippen molar-refractivity contribution in [3.63, 3.8) is 0 Å². The average molecular weight is 385 g/mol. The van der Waals surface area contributed by atoms with E-state index in [1.54, 1.807) is 25.1 Å². The Balaban J connectivity index is 1.63. The van der Waals surface area contributed by atoms with E-state index in [2.05, 4.69) is 9.97 Å². The summed E-state index contributed by atoms with van der Waals surface area (Å²) >= 11 is 2.99. The van der Waals surface area contributed by atoms with Crippen LogP contribution in [0.3, 0.4) is 0 Å². The van der Waals surface area contributed by atoms with Crippen molar-refractivity contribution in [1.29, 1.82) is 0 Å². The molecule has 4 aromatic rings. The molecule has 0 aliphatic heterocycles. The van der Waals surface area contributed by atoms with E-state index in [9.17, 15) is 4.79 Å². The van der Waals surface area contributed by atoms with E-state index < -0.39 is 0 Å². The highest BCUT2D eigenvalue weighted by molar-refractivity contribution is 7.16. The fourth-order valence-electron chi connectivity index (χ4n) is 2.66. The van der Waals surface area contributed by atoms with Gasteiger partial charge in [0.1, 0.15) is 9.84 Å². The number of rotatable bonds is 5. The van der Waals surface area contributed by atoms with Crippen LogP contribution >= 0.6 is 22.7 Å². The van der Waals surface area contributed by atoms with Gasteiger partial charge in [0, 0.05) is 10.9 Å². The summed E-state index contributed by atoms with van der Waals surface area (Å²) in [6.45, 7) is 0.390. The van der Waals surface area contributed by atoms with Crippen LogP contribution < -0.4 is 15.0 Å². The van der Waals surface area contributed by atoms with Gasteiger partial charge in [0.25, 0.3) is 5.56 Å². The number of methoxy groups -OCH3 is 2. The van der Waals surface area contributed by atoms with Gasteiger partial charge >= 0.3 is 0 Å². The van der Waals surface area contributed by atoms with Crippen LogP contribution in [0.2, 0.25) is 0 Å². The van der Waals surface area contributed by atoms with Crippen molar-refractivity contribution in [3.8, 4) is 22.1 Å². The third-order valence-corrected chi connectivity index (χ3v) is 5.73. The minimum Gasteiger partial charge on any atom is -0.493 e. The maximum absolute atomic E-state index is 12.5. The molecule has 0 aliphatic carbocycles. The number of ether oxygens (including phenoxy) is 2. The Hall–Kier alpha value is -2.71. The molecule has 0 N–H and O–H groups in total. The minimum atomic E-state index is -0.0445. The smallest absolute Gasteiger partial charge is 0.262 e. The van der Waals surface area contributed by atoms with Crippen LogP contribution in [0.1, 0.15) is 5.69 Å². The molecule has 4 rings (SSSR count). The zero-order valence-electron chi connectivity index (χ0n) is 14.1. The lowest BCUT2D eigenvalue weighted by molar-refractivity contribution is 0.355. The number of aromatic nitrogens is 3. The molecular formula is C18H15N3O3S2. The Morgan fingerprint density at radius 2 is 1.96 bits per heavy atom. The molecule has 0 saturated carbocycles. The molecule has 0 radical (unpaired) electrons. The average Bonchev–Trinajstić information content (AvgIpc) is 3.33. The molecule has 3 aromatic heterocycles. The van der Waals surface area contributed by atoms with Gasteiger partial charge in [0.15, 0.2) is 11.5 Å². The molecule has 0 unspecified atom stereocenters. The van der Waals surface area contributed by atoms with Crippen LogP contribution in [0, 0.1) is 0 Å². The van der Waals surface area contributed by atoms with Crippen molar-refractivity contribution in [3.05, 3.63) is 57.4 Å². The molecule has 132 valence electrons. The van der Waals surface area contributed by atoms with E-state index in [4.69, 9.17) is 9.47 Å². The molecule has 0 atom stereocenters. The second-order valence-electron chi connectivity index (χ2n) is 5.53. The van der Waals surface area contributed by atoms with E-state index in [0.717, 1.165) is 21.1 Å². The van der Waals surface area contributed by atoms with Crippen LogP contribution in [-0.2, 0) is 6.54 Å². The molecule has 6 nitrogen and oxygen atoms in total. The summed E-state index contributed by atoms with van der Waals surface area (Å²) in [6, 6.07) is 7.50. The monoisotopic (exact) mass is 385 g/mol. The maximum Gasteiger partial charge on any atom is 0.262 e. The van der Waals surface area contributed by atoms with Crippen LogP contribution in [0.5, 0.6) is 11.5 Å². The number of thiophene rings is 1. The summed E-state index contributed by atoms with van der Waals surface area (Å²) in [5.74, 6) is 1.33. The van der Waals surface area contributed by atoms with Crippen molar-refractivity contribution in [2.45, 2.75) is 6.54 Å². The molecular weight excluding hydrogens is 370 g/mol. The second kappa shape index (κ2) is 6.89. The van der Waals surface area contributed by atoms with Gasteiger partial charge in [-0.25, -0.2) is 9.97 Å². The SMILES string of the molecule is COc1ccc(-c2nc(Cn3cnc4sccc4c3=O)cs2)cc1OC. The Labute approximate surface area is 157 Å². The van der Waals surface area contributed by atoms with Gasteiger partial charge in [-0.3, -0.25) is 9.36 Å². The predicted molar refractivity (Wildman–Crippen MR) is 104 cm³/mol. The first-order valence-corrected chi connectivity index (χ1v) is 9.55. The van der Waals surface area contributed by atoms with Gasteiger partial charge in [0.05, 0.1) is 38.2 Å². The van der Waals surface area contributed by atoms with Crippen molar-refractivity contribution < 1.29 is 9.47 Å². The van der Waals surface area contributed by atoms with Crippen LogP contribution in [0.25, 0.3) is 20.8 Å². The number of hydrogen-bond donors (Lipinski definition) is 0. The zero-order valence-corrected chi connectivity index (χ0v) is 15.8. The molecule has 0 amide bonds. The first-order chi connectivity index (χ1) is 12.7. The summed E-state index contributed by atoms with van der Waals surface area (Å²) in [5, 5.41) is 5.34. The molecule has 0 spiro atoms. The van der Waals surface area contributed by atoms with Gasteiger partial charge in [-0.15, -0.1) is 22.7 Å². The van der Waals surface area contributed by atoms with Crippen LogP contribution in [-0.4, -0.2) is 28.8 Å². The summed E-state index contributed by atoms with van der Waals surface area (Å²) in [4.78, 5) is 22.2. The summed E-state index contributed by atoms with van der Waals surface area (Å²) in [6.07, 6.45) is 1.58. The minimum absolute atomic E-state index is 0.0445. The highest BCUT2D eigenvalue weighted by atomic mass is 32.1. The molecule has 0 bridgehead atoms. The van der Waals surface area contributed by atoms with Crippen LogP contribution in [0.4, 0.5) is 0 Å². The third-order valence-electron chi connectivity index (χ3n) is 3.97. The van der Waals surface area contributed by atoms with Gasteiger partial charge in [-0.1, -0.05) is 0 Å². The number of hydrogen-bond acceptors (Lipinski definition) is 7. The molecule has 1 aromatic carbocycles. The van der Waals surface area contributed by atoms with E-state index in [1.807, 2.05) is 35.0 Å². The quantitative estimate of drug-likeness (QED) is 0.525. The number of benzene rings is 1. The summed E-state index contributed by atoms with van der Waals surface area (Å²) < 4.78 is 12.2. The van der Waals surface area contributed by atoms with Gasteiger partial charge in [-0.05, 0) is 29.6 Å². The number of nitrogens with zero attached hydrogens (tertiary/aromatic N) is 3. The van der Waals surface area contributed by atoms with Crippen molar-refractivity contribution in [2.75, 3.05) is 14.2 Å². The molecule has 0 saturated heterocycles. The Bertz CT molecular complexity index is 1130. The zero-order chi connectivity index (χ0) is 18.1. The first-order valence-electron chi connectivity index (χ1n) is 7.79. The molecule has 0 fully saturated rings. The Morgan fingerprint density at radius 3 is 2.77 bits per heavy atom. The highest BCUT2D eigenvalue weighted by Gasteiger charge is 2.11. The molecule has 26 heavy (non-hydrogen) atoms. The lowest BCUT2D eigenvalue weighted by Gasteiger charge is -2.08. The second-order valence-corrected chi connectivity index (χ2v) is 7.28. The fraction of sp³-hybridized carbons (Fsp3) is 0.167. The van der Waals surface area contributed by atoms with Crippen LogP contribution in [0.15, 0.2) is 46.1 Å². The lowest BCUT2D eigenvalue weighted by Crippen LogP contribution is -2.20. The standard InChI is InChI=1S/C18H15N3O3S2/c1-23-14-4-3-11(7-15(14)24-2)16-20-12(9-26-16)8-21-10-19-17-13(18(21)22)5-6-25-17/h3-7,9-10H,8H2,1-2H3. The van der Waals surface area contributed by atoms with E-state index in [-0.39, 0.29) is 5.56 Å². The van der Waals surface area contributed by atoms with Crippen molar-refractivity contribution in [2.24, 2.45) is 0 Å². The summed E-state index contributed by atoms with van der Waals surface area (Å²) in [5.41, 5.74) is 1.72. The molecule has 3 heterocycles. The maximum atomic E-state index is 12.5. The highest BCUT2D eigenvalue weighted by Crippen LogP contribution is 2.33. The Kier molecular flexibility index (Phi) is 4.44. The third kappa shape index (κ3) is 2.97. The normalized spacial score (nSPS) is 11.0. The lowest BCUT2D eigenvalue weighted by atomic mass is 10.2. The van der Waals surface area contributed by atoms with Gasteiger partial charge in [0.2, 0.25) is 0 Å². The molecule has 0 aliphatic rings. The van der Waals surface area contributed by atoms with Gasteiger partial charge in [-0.2, -0.15) is 0 Å². The fourth-order valence-corrected chi connectivity index (χ4v) is 4.19. The van der Waals surface area contributed by atoms with Crippen molar-refractivity contribution in [1.82, 2.24) is 14.5 Å². The molecule has 8 heteroatoms. The number of fused-ring (bicyclic) bond motifs is 1. The summed E-state index contributed by atoms with van der Waals surface area (Å²) in [7, 11) is 3.21. The first kappa shape index (κ1) is 16.7. The topological polar surface area (TPSA) is 66.2 Å². The number of thiazole rings is 1. The predicted octanol–water partition coefficient (Wildman–Crippen LogP) is 3.65. The Morgan fingerprint density at radius 1 is 1.12 bits per heavy atom. The van der Waals surface area contributed by atoms with E-state index in [1.165, 1.54) is 22.7 Å². The van der Waals surface area contributed by atoms with E-state index in [0.29, 0.717) is 23.4 Å². The van der Waals surface area contributed by atoms with E-state index >= 15 is 0 Å². The van der Waals surface area contributed by atoms with Gasteiger partial charge < -0.3 is 9.47 Å².